The van der Waals surface area contributed by atoms with Crippen molar-refractivity contribution >= 4 is 23.1 Å². The van der Waals surface area contributed by atoms with Gasteiger partial charge >= 0.3 is 0 Å². The lowest BCUT2D eigenvalue weighted by molar-refractivity contribution is -0.131. The van der Waals surface area contributed by atoms with Gasteiger partial charge in [-0.1, -0.05) is 24.7 Å². The maximum Gasteiger partial charge on any atom is 0.222 e. The molecule has 0 radical (unpaired) electrons. The van der Waals surface area contributed by atoms with Gasteiger partial charge in [-0.3, -0.25) is 4.79 Å². The smallest absolute Gasteiger partial charge is 0.222 e. The third-order valence-electron chi connectivity index (χ3n) is 3.58. The van der Waals surface area contributed by atoms with Gasteiger partial charge in [0, 0.05) is 19.5 Å². The van der Waals surface area contributed by atoms with Crippen molar-refractivity contribution in [2.45, 2.75) is 32.2 Å². The number of carbonyl (C=O) groups is 1. The first-order chi connectivity index (χ1) is 9.61. The van der Waals surface area contributed by atoms with E-state index in [9.17, 15) is 4.79 Å². The number of nitrogens with zero attached hydrogens (tertiary/aromatic N) is 1. The fraction of sp³-hybridized carbons (Fsp3) is 0.467. The monoisotopic (exact) mass is 292 g/mol. The van der Waals surface area contributed by atoms with Crippen LogP contribution in [0.1, 0.15) is 36.8 Å². The summed E-state index contributed by atoms with van der Waals surface area (Å²) in [6, 6.07) is 5.72. The molecular weight excluding hydrogens is 272 g/mol. The molecule has 0 aromatic heterocycles. The molecular formula is C15H20N2O2S. The number of ether oxygens (including phenoxy) is 1. The minimum absolute atomic E-state index is 0.236. The zero-order chi connectivity index (χ0) is 14.5. The number of methoxy groups -OCH3 is 1. The number of thiocarbonyl (C=S) groups is 1. The Bertz CT molecular complexity index is 517. The Balaban J connectivity index is 2.16. The summed E-state index contributed by atoms with van der Waals surface area (Å²) in [4.78, 5) is 14.2. The highest BCUT2D eigenvalue weighted by atomic mass is 32.1. The molecule has 0 aliphatic carbocycles. The van der Waals surface area contributed by atoms with E-state index >= 15 is 0 Å². The number of hydrogen-bond acceptors (Lipinski definition) is 3. The third-order valence-corrected chi connectivity index (χ3v) is 3.80. The van der Waals surface area contributed by atoms with Crippen LogP contribution in [0.5, 0.6) is 5.75 Å². The van der Waals surface area contributed by atoms with Crippen molar-refractivity contribution in [2.24, 2.45) is 5.73 Å². The predicted octanol–water partition coefficient (Wildman–Crippen LogP) is 2.23. The molecule has 108 valence electrons. The van der Waals surface area contributed by atoms with Gasteiger partial charge in [0.05, 0.1) is 12.7 Å². The lowest BCUT2D eigenvalue weighted by Crippen LogP contribution is -2.29. The van der Waals surface area contributed by atoms with Crippen LogP contribution in [0.3, 0.4) is 0 Å². The highest BCUT2D eigenvalue weighted by Crippen LogP contribution is 2.22. The summed E-state index contributed by atoms with van der Waals surface area (Å²) in [6.45, 7) is 1.45. The van der Waals surface area contributed by atoms with E-state index in [0.717, 1.165) is 36.9 Å². The van der Waals surface area contributed by atoms with Gasteiger partial charge in [-0.15, -0.1) is 0 Å². The lowest BCUT2D eigenvalue weighted by atomic mass is 10.1. The zero-order valence-electron chi connectivity index (χ0n) is 11.7. The van der Waals surface area contributed by atoms with Gasteiger partial charge in [-0.25, -0.2) is 0 Å². The standard InChI is InChI=1S/C15H20N2O2S/c1-19-13-9-11(6-7-12(13)15(16)20)10-17-8-4-2-3-5-14(17)18/h6-7,9H,2-5,8,10H2,1H3,(H2,16,20). The van der Waals surface area contributed by atoms with Crippen LogP contribution in [0.15, 0.2) is 18.2 Å². The van der Waals surface area contributed by atoms with Crippen LogP contribution in [0.25, 0.3) is 0 Å². The van der Waals surface area contributed by atoms with E-state index in [-0.39, 0.29) is 5.91 Å². The summed E-state index contributed by atoms with van der Waals surface area (Å²) < 4.78 is 5.32. The highest BCUT2D eigenvalue weighted by molar-refractivity contribution is 7.80. The fourth-order valence-electron chi connectivity index (χ4n) is 2.46. The van der Waals surface area contributed by atoms with Crippen molar-refractivity contribution < 1.29 is 9.53 Å². The van der Waals surface area contributed by atoms with Gasteiger partial charge in [-0.05, 0) is 30.5 Å². The molecule has 1 aromatic rings. The number of amides is 1. The maximum absolute atomic E-state index is 12.0. The molecule has 0 atom stereocenters. The van der Waals surface area contributed by atoms with E-state index in [2.05, 4.69) is 0 Å². The second-order valence-electron chi connectivity index (χ2n) is 5.02. The normalized spacial score (nSPS) is 15.8. The molecule has 4 nitrogen and oxygen atoms in total. The highest BCUT2D eigenvalue weighted by Gasteiger charge is 2.17. The minimum atomic E-state index is 0.236. The first-order valence-electron chi connectivity index (χ1n) is 6.86. The van der Waals surface area contributed by atoms with E-state index < -0.39 is 0 Å². The van der Waals surface area contributed by atoms with E-state index in [1.54, 1.807) is 7.11 Å². The van der Waals surface area contributed by atoms with Gasteiger partial charge < -0.3 is 15.4 Å². The van der Waals surface area contributed by atoms with E-state index in [1.807, 2.05) is 23.1 Å². The molecule has 5 heteroatoms. The van der Waals surface area contributed by atoms with Gasteiger partial charge in [-0.2, -0.15) is 0 Å². The van der Waals surface area contributed by atoms with Gasteiger partial charge in [0.2, 0.25) is 5.91 Å². The lowest BCUT2D eigenvalue weighted by Gasteiger charge is -2.21. The van der Waals surface area contributed by atoms with Gasteiger partial charge in [0.15, 0.2) is 0 Å². The number of hydrogen-bond donors (Lipinski definition) is 1. The molecule has 1 heterocycles. The van der Waals surface area contributed by atoms with Crippen LogP contribution in [0.4, 0.5) is 0 Å². The van der Waals surface area contributed by atoms with Crippen LogP contribution in [-0.4, -0.2) is 29.5 Å². The molecule has 0 spiro atoms. The molecule has 1 fully saturated rings. The fourth-order valence-corrected chi connectivity index (χ4v) is 2.63. The Kier molecular flexibility index (Phi) is 4.95. The maximum atomic E-state index is 12.0. The summed E-state index contributed by atoms with van der Waals surface area (Å²) >= 11 is 4.99. The summed E-state index contributed by atoms with van der Waals surface area (Å²) in [5, 5.41) is 0. The number of benzene rings is 1. The summed E-state index contributed by atoms with van der Waals surface area (Å²) in [7, 11) is 1.60. The molecule has 20 heavy (non-hydrogen) atoms. The Morgan fingerprint density at radius 2 is 2.20 bits per heavy atom. The van der Waals surface area contributed by atoms with E-state index in [0.29, 0.717) is 23.7 Å². The molecule has 1 aromatic carbocycles. The molecule has 0 unspecified atom stereocenters. The first-order valence-corrected chi connectivity index (χ1v) is 7.27. The quantitative estimate of drug-likeness (QED) is 0.865. The zero-order valence-corrected chi connectivity index (χ0v) is 12.5. The van der Waals surface area contributed by atoms with Crippen molar-refractivity contribution in [2.75, 3.05) is 13.7 Å². The molecule has 1 amide bonds. The largest absolute Gasteiger partial charge is 0.496 e. The molecule has 1 aliphatic heterocycles. The Hall–Kier alpha value is -1.62. The van der Waals surface area contributed by atoms with Crippen molar-refractivity contribution in [3.63, 3.8) is 0 Å². The SMILES string of the molecule is COc1cc(CN2CCCCCC2=O)ccc1C(N)=S. The molecule has 2 rings (SSSR count). The third kappa shape index (κ3) is 3.48. The van der Waals surface area contributed by atoms with Crippen molar-refractivity contribution in [1.29, 1.82) is 0 Å². The Labute approximate surface area is 124 Å². The van der Waals surface area contributed by atoms with E-state index in [1.165, 1.54) is 0 Å². The molecule has 2 N–H and O–H groups in total. The van der Waals surface area contributed by atoms with Crippen LogP contribution >= 0.6 is 12.2 Å². The van der Waals surface area contributed by atoms with Crippen LogP contribution < -0.4 is 10.5 Å². The van der Waals surface area contributed by atoms with Crippen molar-refractivity contribution in [3.05, 3.63) is 29.3 Å². The Morgan fingerprint density at radius 3 is 2.90 bits per heavy atom. The minimum Gasteiger partial charge on any atom is -0.496 e. The number of likely N-dealkylation sites (tertiary alicyclic amines) is 1. The van der Waals surface area contributed by atoms with E-state index in [4.69, 9.17) is 22.7 Å². The van der Waals surface area contributed by atoms with Gasteiger partial charge in [0.1, 0.15) is 10.7 Å². The average Bonchev–Trinajstić information content (AvgIpc) is 2.64. The van der Waals surface area contributed by atoms with Crippen molar-refractivity contribution in [3.8, 4) is 5.75 Å². The first kappa shape index (κ1) is 14.8. The summed E-state index contributed by atoms with van der Waals surface area (Å²) in [5.74, 6) is 0.900. The van der Waals surface area contributed by atoms with Crippen LogP contribution in [0, 0.1) is 0 Å². The number of carbonyl (C=O) groups excluding carboxylic acids is 1. The topological polar surface area (TPSA) is 55.6 Å². The molecule has 1 aliphatic rings. The number of rotatable bonds is 4. The molecule has 1 saturated heterocycles. The van der Waals surface area contributed by atoms with Crippen LogP contribution in [0.2, 0.25) is 0 Å². The predicted molar refractivity (Wildman–Crippen MR) is 82.8 cm³/mol. The molecule has 0 bridgehead atoms. The van der Waals surface area contributed by atoms with Crippen molar-refractivity contribution in [1.82, 2.24) is 4.90 Å². The second-order valence-corrected chi connectivity index (χ2v) is 5.46. The van der Waals surface area contributed by atoms with Gasteiger partial charge in [0.25, 0.3) is 0 Å². The Morgan fingerprint density at radius 1 is 1.40 bits per heavy atom. The second kappa shape index (κ2) is 6.70. The van der Waals surface area contributed by atoms with Crippen LogP contribution in [-0.2, 0) is 11.3 Å². The summed E-state index contributed by atoms with van der Waals surface area (Å²) in [5.41, 5.74) is 7.42. The summed E-state index contributed by atoms with van der Waals surface area (Å²) in [6.07, 6.45) is 3.86. The molecule has 0 saturated carbocycles. The number of nitrogens with two attached hydrogens (primary N) is 1. The average molecular weight is 292 g/mol.